The molecular weight excluding hydrogens is 408 g/mol. The highest BCUT2D eigenvalue weighted by Crippen LogP contribution is 2.51. The standard InChI is InChI=1S/C22H20O7S/c1-28-13-15-11-17(7-9-20(15)25)22(16-6-8-19(24)14(10-16)12-23)18-4-2-3-5-21(18)30(26,27)29-22/h2-11,23-25H,12-13H2,1H3. The smallest absolute Gasteiger partial charge is 0.298 e. The van der Waals surface area contributed by atoms with E-state index in [1.807, 2.05) is 0 Å². The van der Waals surface area contributed by atoms with Gasteiger partial charge in [-0.1, -0.05) is 30.3 Å². The summed E-state index contributed by atoms with van der Waals surface area (Å²) in [6.07, 6.45) is 0. The van der Waals surface area contributed by atoms with Crippen LogP contribution < -0.4 is 0 Å². The molecule has 8 heteroatoms. The van der Waals surface area contributed by atoms with Crippen LogP contribution in [0.3, 0.4) is 0 Å². The molecule has 1 aliphatic heterocycles. The van der Waals surface area contributed by atoms with E-state index >= 15 is 0 Å². The highest BCUT2D eigenvalue weighted by atomic mass is 32.2. The maximum atomic E-state index is 12.9. The van der Waals surface area contributed by atoms with Crippen molar-refractivity contribution in [2.75, 3.05) is 7.11 Å². The van der Waals surface area contributed by atoms with Crippen molar-refractivity contribution in [2.45, 2.75) is 23.7 Å². The van der Waals surface area contributed by atoms with Gasteiger partial charge in [0.2, 0.25) is 0 Å². The summed E-state index contributed by atoms with van der Waals surface area (Å²) in [6.45, 7) is -0.323. The van der Waals surface area contributed by atoms with Gasteiger partial charge < -0.3 is 20.1 Å². The lowest BCUT2D eigenvalue weighted by Crippen LogP contribution is -2.30. The van der Waals surface area contributed by atoms with E-state index in [1.165, 1.54) is 31.4 Å². The number of fused-ring (bicyclic) bond motifs is 1. The van der Waals surface area contributed by atoms with Gasteiger partial charge in [0.05, 0.1) is 13.2 Å². The molecule has 1 heterocycles. The molecule has 0 aliphatic carbocycles. The minimum Gasteiger partial charge on any atom is -0.508 e. The Labute approximate surface area is 173 Å². The number of aromatic hydroxyl groups is 2. The van der Waals surface area contributed by atoms with Gasteiger partial charge in [0, 0.05) is 23.8 Å². The summed E-state index contributed by atoms with van der Waals surface area (Å²) in [5, 5.41) is 29.8. The Morgan fingerprint density at radius 2 is 1.53 bits per heavy atom. The summed E-state index contributed by atoms with van der Waals surface area (Å²) in [5.74, 6) is -0.108. The lowest BCUT2D eigenvalue weighted by molar-refractivity contribution is 0.174. The second kappa shape index (κ2) is 7.41. The van der Waals surface area contributed by atoms with E-state index < -0.39 is 22.3 Å². The molecule has 0 fully saturated rings. The monoisotopic (exact) mass is 428 g/mol. The Kier molecular flexibility index (Phi) is 5.03. The zero-order valence-electron chi connectivity index (χ0n) is 16.1. The molecule has 3 N–H and O–H groups in total. The van der Waals surface area contributed by atoms with Crippen molar-refractivity contribution in [3.05, 3.63) is 88.5 Å². The number of benzene rings is 3. The van der Waals surface area contributed by atoms with Gasteiger partial charge in [-0.15, -0.1) is 0 Å². The minimum atomic E-state index is -4.09. The Morgan fingerprint density at radius 1 is 0.933 bits per heavy atom. The van der Waals surface area contributed by atoms with Crippen LogP contribution >= 0.6 is 0 Å². The van der Waals surface area contributed by atoms with Crippen molar-refractivity contribution in [1.29, 1.82) is 0 Å². The molecule has 3 aromatic carbocycles. The van der Waals surface area contributed by atoms with Gasteiger partial charge in [0.25, 0.3) is 10.1 Å². The average molecular weight is 428 g/mol. The molecule has 30 heavy (non-hydrogen) atoms. The van der Waals surface area contributed by atoms with E-state index in [1.54, 1.807) is 36.4 Å². The lowest BCUT2D eigenvalue weighted by atomic mass is 9.79. The van der Waals surface area contributed by atoms with Gasteiger partial charge in [0.15, 0.2) is 5.60 Å². The normalized spacial score (nSPS) is 19.5. The van der Waals surface area contributed by atoms with Crippen molar-refractivity contribution < 1.29 is 32.7 Å². The van der Waals surface area contributed by atoms with Gasteiger partial charge >= 0.3 is 0 Å². The Balaban J connectivity index is 2.08. The third-order valence-electron chi connectivity index (χ3n) is 5.21. The molecule has 1 atom stereocenters. The first-order valence-corrected chi connectivity index (χ1v) is 10.5. The minimum absolute atomic E-state index is 0.00615. The summed E-state index contributed by atoms with van der Waals surface area (Å²) in [4.78, 5) is 0.0324. The number of aliphatic hydroxyl groups excluding tert-OH is 1. The molecule has 0 amide bonds. The molecule has 156 valence electrons. The van der Waals surface area contributed by atoms with E-state index in [4.69, 9.17) is 8.92 Å². The van der Waals surface area contributed by atoms with E-state index in [-0.39, 0.29) is 28.6 Å². The zero-order chi connectivity index (χ0) is 21.5. The van der Waals surface area contributed by atoms with Crippen LogP contribution in [0.15, 0.2) is 65.6 Å². The zero-order valence-corrected chi connectivity index (χ0v) is 16.9. The third-order valence-corrected chi connectivity index (χ3v) is 6.58. The molecular formula is C22H20O7S. The number of hydrogen-bond donors (Lipinski definition) is 3. The quantitative estimate of drug-likeness (QED) is 0.536. The Bertz CT molecular complexity index is 1220. The van der Waals surface area contributed by atoms with Crippen molar-refractivity contribution in [3.63, 3.8) is 0 Å². The van der Waals surface area contributed by atoms with Crippen LogP contribution in [0.5, 0.6) is 11.5 Å². The van der Waals surface area contributed by atoms with Gasteiger partial charge in [0.1, 0.15) is 16.4 Å². The number of aliphatic hydroxyl groups is 1. The number of phenolic OH excluding ortho intramolecular Hbond substituents is 1. The largest absolute Gasteiger partial charge is 0.508 e. The topological polar surface area (TPSA) is 113 Å². The molecule has 1 aliphatic rings. The Hall–Kier alpha value is -2.91. The van der Waals surface area contributed by atoms with Crippen LogP contribution in [0, 0.1) is 0 Å². The summed E-state index contributed by atoms with van der Waals surface area (Å²) in [6, 6.07) is 15.6. The summed E-state index contributed by atoms with van der Waals surface area (Å²) < 4.78 is 36.8. The second-order valence-corrected chi connectivity index (χ2v) is 8.51. The van der Waals surface area contributed by atoms with Crippen LogP contribution in [0.25, 0.3) is 0 Å². The predicted molar refractivity (Wildman–Crippen MR) is 107 cm³/mol. The van der Waals surface area contributed by atoms with Crippen LogP contribution in [-0.4, -0.2) is 30.8 Å². The van der Waals surface area contributed by atoms with Gasteiger partial charge in [-0.3, -0.25) is 0 Å². The highest BCUT2D eigenvalue weighted by Gasteiger charge is 2.51. The van der Waals surface area contributed by atoms with Crippen molar-refractivity contribution >= 4 is 10.1 Å². The lowest BCUT2D eigenvalue weighted by Gasteiger charge is -2.30. The van der Waals surface area contributed by atoms with Crippen LogP contribution in [0.2, 0.25) is 0 Å². The van der Waals surface area contributed by atoms with Gasteiger partial charge in [-0.25, -0.2) is 4.18 Å². The van der Waals surface area contributed by atoms with Gasteiger partial charge in [-0.05, 0) is 41.5 Å². The molecule has 4 rings (SSSR count). The summed E-state index contributed by atoms with van der Waals surface area (Å²) >= 11 is 0. The molecule has 0 saturated carbocycles. The van der Waals surface area contributed by atoms with E-state index in [0.717, 1.165) is 0 Å². The van der Waals surface area contributed by atoms with Crippen LogP contribution in [0.1, 0.15) is 27.8 Å². The molecule has 0 saturated heterocycles. The SMILES string of the molecule is COCc1cc(C2(c3ccc(O)c(CO)c3)OS(=O)(=O)c3ccccc32)ccc1O. The van der Waals surface area contributed by atoms with E-state index in [0.29, 0.717) is 22.3 Å². The van der Waals surface area contributed by atoms with Crippen LogP contribution in [0.4, 0.5) is 0 Å². The molecule has 0 radical (unpaired) electrons. The number of rotatable bonds is 5. The molecule has 3 aromatic rings. The number of hydrogen-bond acceptors (Lipinski definition) is 7. The molecule has 0 aromatic heterocycles. The number of phenols is 2. The fraction of sp³-hybridized carbons (Fsp3) is 0.182. The Morgan fingerprint density at radius 3 is 2.17 bits per heavy atom. The number of methoxy groups -OCH3 is 1. The fourth-order valence-electron chi connectivity index (χ4n) is 3.81. The molecule has 0 bridgehead atoms. The maximum Gasteiger partial charge on any atom is 0.298 e. The molecule has 1 unspecified atom stereocenters. The van der Waals surface area contributed by atoms with Crippen molar-refractivity contribution in [3.8, 4) is 11.5 Å². The first-order chi connectivity index (χ1) is 14.3. The third kappa shape index (κ3) is 3.05. The van der Waals surface area contributed by atoms with Crippen LogP contribution in [-0.2, 0) is 37.9 Å². The van der Waals surface area contributed by atoms with E-state index in [2.05, 4.69) is 0 Å². The predicted octanol–water partition coefficient (Wildman–Crippen LogP) is 2.75. The highest BCUT2D eigenvalue weighted by molar-refractivity contribution is 7.87. The van der Waals surface area contributed by atoms with Gasteiger partial charge in [-0.2, -0.15) is 8.42 Å². The number of ether oxygens (including phenoxy) is 1. The fourth-order valence-corrected chi connectivity index (χ4v) is 5.24. The van der Waals surface area contributed by atoms with Crippen molar-refractivity contribution in [2.24, 2.45) is 0 Å². The first kappa shape index (κ1) is 20.4. The molecule has 7 nitrogen and oxygen atoms in total. The second-order valence-electron chi connectivity index (χ2n) is 6.99. The van der Waals surface area contributed by atoms with E-state index in [9.17, 15) is 23.7 Å². The summed E-state index contributed by atoms with van der Waals surface area (Å²) in [5.41, 5.74) is 0.383. The average Bonchev–Trinajstić information content (AvgIpc) is 2.99. The summed E-state index contributed by atoms with van der Waals surface area (Å²) in [7, 11) is -2.61. The maximum absolute atomic E-state index is 12.9. The van der Waals surface area contributed by atoms with Crippen molar-refractivity contribution in [1.82, 2.24) is 0 Å². The molecule has 0 spiro atoms. The first-order valence-electron chi connectivity index (χ1n) is 9.13.